The third kappa shape index (κ3) is 3.35. The van der Waals surface area contributed by atoms with Crippen LogP contribution in [0.3, 0.4) is 0 Å². The second-order valence-electron chi connectivity index (χ2n) is 4.81. The van der Waals surface area contributed by atoms with E-state index in [9.17, 15) is 4.79 Å². The van der Waals surface area contributed by atoms with E-state index in [2.05, 4.69) is 20.4 Å². The molecule has 114 valence electrons. The average Bonchev–Trinajstić information content (AvgIpc) is 2.58. The Kier molecular flexibility index (Phi) is 4.50. The number of nitrogens with one attached hydrogen (secondary N) is 1. The topological polar surface area (TPSA) is 67.4 Å². The number of benzene rings is 1. The van der Waals surface area contributed by atoms with Gasteiger partial charge < -0.3 is 15.0 Å². The molecule has 1 aliphatic heterocycles. The van der Waals surface area contributed by atoms with E-state index in [4.69, 9.17) is 16.3 Å². The number of amides is 1. The molecule has 0 unspecified atom stereocenters. The van der Waals surface area contributed by atoms with Crippen LogP contribution in [0.2, 0.25) is 5.02 Å². The summed E-state index contributed by atoms with van der Waals surface area (Å²) < 4.78 is 5.29. The summed E-state index contributed by atoms with van der Waals surface area (Å²) >= 11 is 6.01. The molecule has 2 heterocycles. The van der Waals surface area contributed by atoms with Crippen LogP contribution in [0.5, 0.6) is 0 Å². The molecule has 0 atom stereocenters. The minimum absolute atomic E-state index is 0.247. The number of carbonyl (C=O) groups excluding carboxylic acids is 1. The molecule has 0 saturated carbocycles. The number of rotatable bonds is 3. The number of halogens is 1. The number of aromatic nitrogens is 2. The summed E-state index contributed by atoms with van der Waals surface area (Å²) in [4.78, 5) is 14.2. The molecule has 6 nitrogen and oxygen atoms in total. The Morgan fingerprint density at radius 2 is 1.91 bits per heavy atom. The molecule has 3 rings (SSSR count). The Morgan fingerprint density at radius 3 is 2.59 bits per heavy atom. The first kappa shape index (κ1) is 14.7. The van der Waals surface area contributed by atoms with Crippen LogP contribution in [0, 0.1) is 0 Å². The Morgan fingerprint density at radius 1 is 1.14 bits per heavy atom. The van der Waals surface area contributed by atoms with E-state index in [-0.39, 0.29) is 11.6 Å². The van der Waals surface area contributed by atoms with Gasteiger partial charge in [0.1, 0.15) is 0 Å². The molecule has 0 spiro atoms. The van der Waals surface area contributed by atoms with Gasteiger partial charge in [-0.2, -0.15) is 0 Å². The fraction of sp³-hybridized carbons (Fsp3) is 0.267. The molecule has 2 aromatic rings. The van der Waals surface area contributed by atoms with Gasteiger partial charge in [0.05, 0.1) is 23.9 Å². The van der Waals surface area contributed by atoms with Crippen molar-refractivity contribution in [1.82, 2.24) is 10.2 Å². The first-order valence-corrected chi connectivity index (χ1v) is 7.34. The van der Waals surface area contributed by atoms with Gasteiger partial charge in [-0.05, 0) is 24.3 Å². The molecule has 1 amide bonds. The van der Waals surface area contributed by atoms with Gasteiger partial charge in [0.15, 0.2) is 11.5 Å². The standard InChI is InChI=1S/C15H15ClN4O2/c16-11-3-1-2-4-12(11)17-15(21)13-5-6-14(19-18-13)20-7-9-22-10-8-20/h1-6H,7-10H2,(H,17,21). The van der Waals surface area contributed by atoms with Gasteiger partial charge in [-0.3, -0.25) is 4.79 Å². The summed E-state index contributed by atoms with van der Waals surface area (Å²) in [5.41, 5.74) is 0.796. The first-order chi connectivity index (χ1) is 10.7. The van der Waals surface area contributed by atoms with Crippen LogP contribution in [-0.4, -0.2) is 42.4 Å². The molecule has 22 heavy (non-hydrogen) atoms. The van der Waals surface area contributed by atoms with E-state index in [0.717, 1.165) is 18.9 Å². The summed E-state index contributed by atoms with van der Waals surface area (Å²) in [6.45, 7) is 2.91. The van der Waals surface area contributed by atoms with Gasteiger partial charge in [-0.15, -0.1) is 10.2 Å². The first-order valence-electron chi connectivity index (χ1n) is 6.96. The molecule has 1 aliphatic rings. The van der Waals surface area contributed by atoms with Gasteiger partial charge in [-0.1, -0.05) is 23.7 Å². The zero-order chi connectivity index (χ0) is 15.4. The molecule has 1 N–H and O–H groups in total. The van der Waals surface area contributed by atoms with Crippen LogP contribution in [-0.2, 0) is 4.74 Å². The highest BCUT2D eigenvalue weighted by molar-refractivity contribution is 6.33. The lowest BCUT2D eigenvalue weighted by molar-refractivity contribution is 0.102. The Balaban J connectivity index is 1.69. The molecule has 7 heteroatoms. The van der Waals surface area contributed by atoms with Crippen molar-refractivity contribution in [2.24, 2.45) is 0 Å². The molecule has 1 aromatic carbocycles. The lowest BCUT2D eigenvalue weighted by Gasteiger charge is -2.27. The van der Waals surface area contributed by atoms with Gasteiger partial charge in [0.2, 0.25) is 0 Å². The van der Waals surface area contributed by atoms with E-state index in [0.29, 0.717) is 23.9 Å². The van der Waals surface area contributed by atoms with E-state index < -0.39 is 0 Å². The molecule has 1 fully saturated rings. The second-order valence-corrected chi connectivity index (χ2v) is 5.22. The third-order valence-corrected chi connectivity index (χ3v) is 3.67. The molecule has 1 aromatic heterocycles. The monoisotopic (exact) mass is 318 g/mol. The van der Waals surface area contributed by atoms with Crippen molar-refractivity contribution in [1.29, 1.82) is 0 Å². The predicted molar refractivity (Wildman–Crippen MR) is 84.5 cm³/mol. The summed E-state index contributed by atoms with van der Waals surface area (Å²) in [5.74, 6) is 0.409. The number of nitrogens with zero attached hydrogens (tertiary/aromatic N) is 3. The van der Waals surface area contributed by atoms with Crippen molar-refractivity contribution in [3.05, 3.63) is 47.1 Å². The number of anilines is 2. The summed E-state index contributed by atoms with van der Waals surface area (Å²) in [6.07, 6.45) is 0. The highest BCUT2D eigenvalue weighted by Crippen LogP contribution is 2.21. The van der Waals surface area contributed by atoms with E-state index in [1.165, 1.54) is 0 Å². The quantitative estimate of drug-likeness (QED) is 0.940. The number of carbonyl (C=O) groups is 1. The van der Waals surface area contributed by atoms with Crippen LogP contribution in [0.4, 0.5) is 11.5 Å². The zero-order valence-corrected chi connectivity index (χ0v) is 12.6. The lowest BCUT2D eigenvalue weighted by Crippen LogP contribution is -2.37. The van der Waals surface area contributed by atoms with Crippen molar-refractivity contribution < 1.29 is 9.53 Å². The van der Waals surface area contributed by atoms with Crippen LogP contribution in [0.25, 0.3) is 0 Å². The smallest absolute Gasteiger partial charge is 0.276 e. The van der Waals surface area contributed by atoms with Crippen molar-refractivity contribution in [3.63, 3.8) is 0 Å². The van der Waals surface area contributed by atoms with Gasteiger partial charge in [0.25, 0.3) is 5.91 Å². The number of hydrogen-bond acceptors (Lipinski definition) is 5. The largest absolute Gasteiger partial charge is 0.378 e. The minimum atomic E-state index is -0.339. The molecule has 1 saturated heterocycles. The SMILES string of the molecule is O=C(Nc1ccccc1Cl)c1ccc(N2CCOCC2)nn1. The van der Waals surface area contributed by atoms with Gasteiger partial charge in [0, 0.05) is 13.1 Å². The number of hydrogen-bond donors (Lipinski definition) is 1. The zero-order valence-electron chi connectivity index (χ0n) is 11.8. The Labute approximate surface area is 133 Å². The highest BCUT2D eigenvalue weighted by atomic mass is 35.5. The molecule has 0 radical (unpaired) electrons. The minimum Gasteiger partial charge on any atom is -0.378 e. The molecule has 0 bridgehead atoms. The van der Waals surface area contributed by atoms with Crippen LogP contribution in [0.1, 0.15) is 10.5 Å². The maximum absolute atomic E-state index is 12.1. The number of morpholine rings is 1. The van der Waals surface area contributed by atoms with E-state index in [1.54, 1.807) is 36.4 Å². The maximum Gasteiger partial charge on any atom is 0.276 e. The van der Waals surface area contributed by atoms with Crippen molar-refractivity contribution >= 4 is 29.0 Å². The number of para-hydroxylation sites is 1. The van der Waals surface area contributed by atoms with E-state index in [1.807, 2.05) is 0 Å². The predicted octanol–water partition coefficient (Wildman–Crippen LogP) is 2.22. The van der Waals surface area contributed by atoms with Crippen LogP contribution in [0.15, 0.2) is 36.4 Å². The lowest BCUT2D eigenvalue weighted by atomic mass is 10.3. The van der Waals surface area contributed by atoms with Crippen LogP contribution >= 0.6 is 11.6 Å². The van der Waals surface area contributed by atoms with Crippen molar-refractivity contribution in [2.75, 3.05) is 36.5 Å². The van der Waals surface area contributed by atoms with Gasteiger partial charge in [-0.25, -0.2) is 0 Å². The van der Waals surface area contributed by atoms with Crippen molar-refractivity contribution in [2.45, 2.75) is 0 Å². The second kappa shape index (κ2) is 6.72. The fourth-order valence-electron chi connectivity index (χ4n) is 2.16. The molecular weight excluding hydrogens is 304 g/mol. The Bertz CT molecular complexity index is 657. The molecule has 0 aliphatic carbocycles. The Hall–Kier alpha value is -2.18. The summed E-state index contributed by atoms with van der Waals surface area (Å²) in [6, 6.07) is 10.5. The van der Waals surface area contributed by atoms with Crippen LogP contribution < -0.4 is 10.2 Å². The number of ether oxygens (including phenoxy) is 1. The maximum atomic E-state index is 12.1. The van der Waals surface area contributed by atoms with Gasteiger partial charge >= 0.3 is 0 Å². The highest BCUT2D eigenvalue weighted by Gasteiger charge is 2.15. The average molecular weight is 319 g/mol. The third-order valence-electron chi connectivity index (χ3n) is 3.34. The van der Waals surface area contributed by atoms with E-state index >= 15 is 0 Å². The fourth-order valence-corrected chi connectivity index (χ4v) is 2.34. The molecular formula is C15H15ClN4O2. The summed E-state index contributed by atoms with van der Waals surface area (Å²) in [7, 11) is 0. The van der Waals surface area contributed by atoms with Crippen molar-refractivity contribution in [3.8, 4) is 0 Å². The normalized spacial score (nSPS) is 14.7. The summed E-state index contributed by atoms with van der Waals surface area (Å²) in [5, 5.41) is 11.3.